The van der Waals surface area contributed by atoms with Crippen LogP contribution >= 0.6 is 11.8 Å². The van der Waals surface area contributed by atoms with E-state index < -0.39 is 6.10 Å². The van der Waals surface area contributed by atoms with Gasteiger partial charge in [-0.25, -0.2) is 0 Å². The van der Waals surface area contributed by atoms with E-state index in [4.69, 9.17) is 4.74 Å². The van der Waals surface area contributed by atoms with Gasteiger partial charge in [0.05, 0.1) is 13.2 Å². The molecule has 0 spiro atoms. The predicted molar refractivity (Wildman–Crippen MR) is 68.1 cm³/mol. The Kier molecular flexibility index (Phi) is 3.45. The average molecular weight is 238 g/mol. The summed E-state index contributed by atoms with van der Waals surface area (Å²) in [6.07, 6.45) is 1.87. The third-order valence-corrected chi connectivity index (χ3v) is 4.82. The topological polar surface area (TPSA) is 29.5 Å². The van der Waals surface area contributed by atoms with Crippen molar-refractivity contribution in [2.45, 2.75) is 30.6 Å². The van der Waals surface area contributed by atoms with E-state index in [0.717, 1.165) is 23.5 Å². The van der Waals surface area contributed by atoms with Crippen molar-refractivity contribution in [1.29, 1.82) is 0 Å². The highest BCUT2D eigenvalue weighted by atomic mass is 32.2. The highest BCUT2D eigenvalue weighted by Gasteiger charge is 2.37. The summed E-state index contributed by atoms with van der Waals surface area (Å²) in [7, 11) is 1.65. The zero-order valence-corrected chi connectivity index (χ0v) is 10.6. The lowest BCUT2D eigenvalue weighted by molar-refractivity contribution is 0.134. The van der Waals surface area contributed by atoms with E-state index in [1.165, 1.54) is 6.42 Å². The summed E-state index contributed by atoms with van der Waals surface area (Å²) in [6.45, 7) is 2.15. The second-order valence-electron chi connectivity index (χ2n) is 4.44. The normalized spacial score (nSPS) is 26.7. The van der Waals surface area contributed by atoms with Crippen LogP contribution in [0.15, 0.2) is 24.3 Å². The van der Waals surface area contributed by atoms with Crippen molar-refractivity contribution in [3.63, 3.8) is 0 Å². The van der Waals surface area contributed by atoms with Gasteiger partial charge in [-0.2, -0.15) is 11.8 Å². The first kappa shape index (κ1) is 11.8. The van der Waals surface area contributed by atoms with E-state index >= 15 is 0 Å². The number of hydrogen-bond acceptors (Lipinski definition) is 3. The summed E-state index contributed by atoms with van der Waals surface area (Å²) in [5, 5.41) is 10.4. The molecule has 2 rings (SSSR count). The van der Waals surface area contributed by atoms with Crippen LogP contribution in [0.4, 0.5) is 0 Å². The summed E-state index contributed by atoms with van der Waals surface area (Å²) in [5.41, 5.74) is 0.955. The Morgan fingerprint density at radius 2 is 2.31 bits per heavy atom. The Morgan fingerprint density at radius 3 is 2.94 bits per heavy atom. The highest BCUT2D eigenvalue weighted by Crippen LogP contribution is 2.46. The van der Waals surface area contributed by atoms with E-state index in [-0.39, 0.29) is 4.75 Å². The first-order chi connectivity index (χ1) is 7.65. The van der Waals surface area contributed by atoms with E-state index in [2.05, 4.69) is 6.92 Å². The van der Waals surface area contributed by atoms with Gasteiger partial charge in [-0.1, -0.05) is 12.1 Å². The molecular weight excluding hydrogens is 220 g/mol. The average Bonchev–Trinajstić information content (AvgIpc) is 2.76. The van der Waals surface area contributed by atoms with Gasteiger partial charge in [-0.05, 0) is 43.2 Å². The van der Waals surface area contributed by atoms with Gasteiger partial charge < -0.3 is 9.84 Å². The van der Waals surface area contributed by atoms with Gasteiger partial charge in [-0.15, -0.1) is 0 Å². The van der Waals surface area contributed by atoms with Crippen LogP contribution in [0.5, 0.6) is 5.75 Å². The molecule has 2 unspecified atom stereocenters. The minimum absolute atomic E-state index is 0.0354. The smallest absolute Gasteiger partial charge is 0.119 e. The van der Waals surface area contributed by atoms with Crippen LogP contribution in [-0.4, -0.2) is 22.7 Å². The molecule has 1 aromatic rings. The van der Waals surface area contributed by atoms with Gasteiger partial charge in [0, 0.05) is 4.75 Å². The minimum Gasteiger partial charge on any atom is -0.497 e. The lowest BCUT2D eigenvalue weighted by atomic mass is 9.93. The number of rotatable bonds is 3. The molecule has 1 heterocycles. The van der Waals surface area contributed by atoms with Gasteiger partial charge in [0.25, 0.3) is 0 Å². The molecular formula is C13H18O2S. The molecule has 88 valence electrons. The maximum Gasteiger partial charge on any atom is 0.119 e. The maximum atomic E-state index is 10.4. The molecule has 0 aromatic heterocycles. The third kappa shape index (κ3) is 2.20. The molecule has 0 saturated carbocycles. The number of hydrogen-bond donors (Lipinski definition) is 1. The fraction of sp³-hybridized carbons (Fsp3) is 0.538. The first-order valence-corrected chi connectivity index (χ1v) is 6.60. The van der Waals surface area contributed by atoms with Crippen LogP contribution in [0, 0.1) is 0 Å². The lowest BCUT2D eigenvalue weighted by Crippen LogP contribution is -2.26. The summed E-state index contributed by atoms with van der Waals surface area (Å²) in [6, 6.07) is 7.73. The van der Waals surface area contributed by atoms with Gasteiger partial charge in [0.2, 0.25) is 0 Å². The predicted octanol–water partition coefficient (Wildman–Crippen LogP) is 3.01. The minimum atomic E-state index is -0.407. The van der Waals surface area contributed by atoms with Crippen LogP contribution in [0.2, 0.25) is 0 Å². The lowest BCUT2D eigenvalue weighted by Gasteiger charge is -2.29. The van der Waals surface area contributed by atoms with Crippen molar-refractivity contribution in [2.24, 2.45) is 0 Å². The quantitative estimate of drug-likeness (QED) is 0.877. The molecule has 1 saturated heterocycles. The molecule has 0 amide bonds. The molecule has 2 nitrogen and oxygen atoms in total. The molecule has 1 fully saturated rings. The van der Waals surface area contributed by atoms with Crippen molar-refractivity contribution >= 4 is 11.8 Å². The second kappa shape index (κ2) is 4.68. The molecule has 0 aliphatic carbocycles. The molecule has 1 N–H and O–H groups in total. The Labute approximate surface area is 101 Å². The Bertz CT molecular complexity index is 359. The van der Waals surface area contributed by atoms with E-state index in [0.29, 0.717) is 0 Å². The van der Waals surface area contributed by atoms with Crippen LogP contribution in [0.3, 0.4) is 0 Å². The summed E-state index contributed by atoms with van der Waals surface area (Å²) < 4.78 is 5.15. The number of methoxy groups -OCH3 is 1. The zero-order valence-electron chi connectivity index (χ0n) is 9.77. The molecule has 3 heteroatoms. The number of aliphatic hydroxyl groups excluding tert-OH is 1. The van der Waals surface area contributed by atoms with Crippen molar-refractivity contribution < 1.29 is 9.84 Å². The van der Waals surface area contributed by atoms with Crippen LogP contribution in [0.1, 0.15) is 31.4 Å². The molecule has 2 atom stereocenters. The van der Waals surface area contributed by atoms with Crippen LogP contribution in [-0.2, 0) is 0 Å². The molecule has 0 radical (unpaired) electrons. The largest absolute Gasteiger partial charge is 0.497 e. The van der Waals surface area contributed by atoms with Crippen LogP contribution < -0.4 is 4.74 Å². The third-order valence-electron chi connectivity index (χ3n) is 3.24. The van der Waals surface area contributed by atoms with Gasteiger partial charge >= 0.3 is 0 Å². The van der Waals surface area contributed by atoms with E-state index in [1.54, 1.807) is 7.11 Å². The Hall–Kier alpha value is -0.670. The highest BCUT2D eigenvalue weighted by molar-refractivity contribution is 8.00. The van der Waals surface area contributed by atoms with Crippen molar-refractivity contribution in [1.82, 2.24) is 0 Å². The monoisotopic (exact) mass is 238 g/mol. The maximum absolute atomic E-state index is 10.4. The Balaban J connectivity index is 2.22. The fourth-order valence-corrected chi connectivity index (χ4v) is 3.52. The van der Waals surface area contributed by atoms with Gasteiger partial charge in [0.15, 0.2) is 0 Å². The molecule has 16 heavy (non-hydrogen) atoms. The number of thioether (sulfide) groups is 1. The van der Waals surface area contributed by atoms with E-state index in [1.807, 2.05) is 36.0 Å². The number of ether oxygens (including phenoxy) is 1. The fourth-order valence-electron chi connectivity index (χ4n) is 2.18. The summed E-state index contributed by atoms with van der Waals surface area (Å²) >= 11 is 1.87. The molecule has 1 aliphatic heterocycles. The van der Waals surface area contributed by atoms with Crippen LogP contribution in [0.25, 0.3) is 0 Å². The SMILES string of the molecule is COc1cccc(C(O)C2(C)CCCS2)c1. The second-order valence-corrected chi connectivity index (χ2v) is 6.07. The zero-order chi connectivity index (χ0) is 11.6. The number of aliphatic hydroxyl groups is 1. The summed E-state index contributed by atoms with van der Waals surface area (Å²) in [4.78, 5) is 0. The van der Waals surface area contributed by atoms with Crippen molar-refractivity contribution in [3.8, 4) is 5.75 Å². The standard InChI is InChI=1S/C13H18O2S/c1-13(7-4-8-16-13)12(14)10-5-3-6-11(9-10)15-2/h3,5-6,9,12,14H,4,7-8H2,1-2H3. The van der Waals surface area contributed by atoms with E-state index in [9.17, 15) is 5.11 Å². The first-order valence-electron chi connectivity index (χ1n) is 5.62. The van der Waals surface area contributed by atoms with Gasteiger partial charge in [-0.3, -0.25) is 0 Å². The summed E-state index contributed by atoms with van der Waals surface area (Å²) in [5.74, 6) is 1.96. The molecule has 0 bridgehead atoms. The molecule has 1 aliphatic rings. The van der Waals surface area contributed by atoms with Crippen molar-refractivity contribution in [3.05, 3.63) is 29.8 Å². The molecule has 1 aromatic carbocycles. The number of benzene rings is 1. The van der Waals surface area contributed by atoms with Crippen molar-refractivity contribution in [2.75, 3.05) is 12.9 Å². The Morgan fingerprint density at radius 1 is 1.50 bits per heavy atom. The van der Waals surface area contributed by atoms with Gasteiger partial charge in [0.1, 0.15) is 5.75 Å².